The van der Waals surface area contributed by atoms with Gasteiger partial charge in [0.05, 0.1) is 0 Å². The maximum atomic E-state index is 5.93. The van der Waals surface area contributed by atoms with Crippen LogP contribution in [-0.2, 0) is 13.0 Å². The van der Waals surface area contributed by atoms with Crippen LogP contribution in [0.4, 0.5) is 17.5 Å². The summed E-state index contributed by atoms with van der Waals surface area (Å²) in [5.74, 6) is 1.57. The Labute approximate surface area is 152 Å². The number of benzene rings is 2. The van der Waals surface area contributed by atoms with Crippen molar-refractivity contribution >= 4 is 29.1 Å². The SMILES string of the molecule is Clc1ccc(CNc2nccc(N3CCCc4ccccc43)n2)cc1. The lowest BCUT2D eigenvalue weighted by Gasteiger charge is -2.30. The molecule has 5 heteroatoms. The fourth-order valence-electron chi connectivity index (χ4n) is 3.14. The van der Waals surface area contributed by atoms with Gasteiger partial charge in [-0.2, -0.15) is 4.98 Å². The minimum Gasteiger partial charge on any atom is -0.350 e. The zero-order valence-electron chi connectivity index (χ0n) is 13.8. The number of halogens is 1. The van der Waals surface area contributed by atoms with E-state index in [4.69, 9.17) is 16.6 Å². The van der Waals surface area contributed by atoms with E-state index in [2.05, 4.69) is 39.5 Å². The molecule has 25 heavy (non-hydrogen) atoms. The van der Waals surface area contributed by atoms with Crippen molar-refractivity contribution in [2.24, 2.45) is 0 Å². The van der Waals surface area contributed by atoms with E-state index in [0.29, 0.717) is 12.5 Å². The maximum absolute atomic E-state index is 5.93. The lowest BCUT2D eigenvalue weighted by Crippen LogP contribution is -2.25. The van der Waals surface area contributed by atoms with Crippen LogP contribution in [0.5, 0.6) is 0 Å². The molecule has 0 spiro atoms. The fraction of sp³-hybridized carbons (Fsp3) is 0.200. The van der Waals surface area contributed by atoms with Crippen molar-refractivity contribution in [2.75, 3.05) is 16.8 Å². The van der Waals surface area contributed by atoms with Crippen molar-refractivity contribution in [1.29, 1.82) is 0 Å². The molecule has 0 saturated heterocycles. The summed E-state index contributed by atoms with van der Waals surface area (Å²) < 4.78 is 0. The topological polar surface area (TPSA) is 41.1 Å². The largest absolute Gasteiger partial charge is 0.350 e. The molecule has 0 amide bonds. The average Bonchev–Trinajstić information content (AvgIpc) is 2.67. The van der Waals surface area contributed by atoms with E-state index in [0.717, 1.165) is 35.8 Å². The summed E-state index contributed by atoms with van der Waals surface area (Å²) >= 11 is 5.93. The predicted octanol–water partition coefficient (Wildman–Crippen LogP) is 4.83. The maximum Gasteiger partial charge on any atom is 0.224 e. The minimum atomic E-state index is 0.635. The lowest BCUT2D eigenvalue weighted by molar-refractivity contribution is 0.758. The number of hydrogen-bond donors (Lipinski definition) is 1. The summed E-state index contributed by atoms with van der Waals surface area (Å²) in [4.78, 5) is 11.3. The van der Waals surface area contributed by atoms with Crippen LogP contribution in [0.1, 0.15) is 17.5 Å². The Kier molecular flexibility index (Phi) is 4.53. The van der Waals surface area contributed by atoms with E-state index in [-0.39, 0.29) is 0 Å². The van der Waals surface area contributed by atoms with Crippen LogP contribution in [-0.4, -0.2) is 16.5 Å². The van der Waals surface area contributed by atoms with Gasteiger partial charge in [0.1, 0.15) is 5.82 Å². The van der Waals surface area contributed by atoms with Crippen molar-refractivity contribution in [3.05, 3.63) is 76.9 Å². The summed E-state index contributed by atoms with van der Waals surface area (Å²) in [6.07, 6.45) is 4.07. The molecule has 0 bridgehead atoms. The highest BCUT2D eigenvalue weighted by Gasteiger charge is 2.18. The molecule has 2 aromatic carbocycles. The zero-order valence-corrected chi connectivity index (χ0v) is 14.6. The number of aryl methyl sites for hydroxylation is 1. The van der Waals surface area contributed by atoms with E-state index in [9.17, 15) is 0 Å². The van der Waals surface area contributed by atoms with Crippen LogP contribution in [0, 0.1) is 0 Å². The lowest BCUT2D eigenvalue weighted by atomic mass is 10.0. The first kappa shape index (κ1) is 15.9. The van der Waals surface area contributed by atoms with Gasteiger partial charge in [-0.1, -0.05) is 41.9 Å². The van der Waals surface area contributed by atoms with Crippen molar-refractivity contribution in [2.45, 2.75) is 19.4 Å². The highest BCUT2D eigenvalue weighted by Crippen LogP contribution is 2.32. The number of rotatable bonds is 4. The first-order valence-corrected chi connectivity index (χ1v) is 8.84. The Bertz CT molecular complexity index is 864. The Morgan fingerprint density at radius 2 is 1.88 bits per heavy atom. The van der Waals surface area contributed by atoms with Gasteiger partial charge in [0, 0.05) is 30.0 Å². The van der Waals surface area contributed by atoms with Gasteiger partial charge in [-0.25, -0.2) is 4.98 Å². The van der Waals surface area contributed by atoms with Crippen LogP contribution in [0.25, 0.3) is 0 Å². The number of nitrogens with one attached hydrogen (secondary N) is 1. The molecular weight excluding hydrogens is 332 g/mol. The molecule has 3 aromatic rings. The monoisotopic (exact) mass is 350 g/mol. The number of fused-ring (bicyclic) bond motifs is 1. The predicted molar refractivity (Wildman–Crippen MR) is 103 cm³/mol. The molecule has 0 atom stereocenters. The Balaban J connectivity index is 1.53. The molecule has 126 valence electrons. The van der Waals surface area contributed by atoms with Gasteiger partial charge in [-0.05, 0) is 48.2 Å². The highest BCUT2D eigenvalue weighted by molar-refractivity contribution is 6.30. The molecular formula is C20H19ClN4. The van der Waals surface area contributed by atoms with E-state index < -0.39 is 0 Å². The van der Waals surface area contributed by atoms with E-state index in [1.807, 2.05) is 36.5 Å². The van der Waals surface area contributed by atoms with Gasteiger partial charge < -0.3 is 10.2 Å². The van der Waals surface area contributed by atoms with Crippen LogP contribution in [0.2, 0.25) is 5.02 Å². The minimum absolute atomic E-state index is 0.635. The molecule has 0 aliphatic carbocycles. The molecule has 4 nitrogen and oxygen atoms in total. The van der Waals surface area contributed by atoms with Crippen molar-refractivity contribution in [1.82, 2.24) is 9.97 Å². The fourth-order valence-corrected chi connectivity index (χ4v) is 3.27. The van der Waals surface area contributed by atoms with Crippen LogP contribution < -0.4 is 10.2 Å². The van der Waals surface area contributed by atoms with E-state index in [1.165, 1.54) is 11.3 Å². The standard InChI is InChI=1S/C20H19ClN4/c21-17-9-7-15(8-10-17)14-23-20-22-12-11-19(24-20)25-13-3-5-16-4-1-2-6-18(16)25/h1-2,4,6-12H,3,5,13-14H2,(H,22,23,24). The first-order chi connectivity index (χ1) is 12.3. The number of anilines is 3. The molecule has 0 saturated carbocycles. The second-order valence-electron chi connectivity index (χ2n) is 6.10. The van der Waals surface area contributed by atoms with Crippen molar-refractivity contribution in [3.8, 4) is 0 Å². The van der Waals surface area contributed by atoms with Gasteiger partial charge in [-0.15, -0.1) is 0 Å². The van der Waals surface area contributed by atoms with Gasteiger partial charge in [0.25, 0.3) is 0 Å². The third kappa shape index (κ3) is 3.59. The molecule has 0 unspecified atom stereocenters. The normalized spacial score (nSPS) is 13.4. The van der Waals surface area contributed by atoms with E-state index in [1.54, 1.807) is 0 Å². The zero-order chi connectivity index (χ0) is 17.1. The first-order valence-electron chi connectivity index (χ1n) is 8.46. The number of aromatic nitrogens is 2. The highest BCUT2D eigenvalue weighted by atomic mass is 35.5. The third-order valence-corrected chi connectivity index (χ3v) is 4.64. The molecule has 0 fully saturated rings. The van der Waals surface area contributed by atoms with Gasteiger partial charge in [-0.3, -0.25) is 0 Å². The van der Waals surface area contributed by atoms with Crippen molar-refractivity contribution < 1.29 is 0 Å². The molecule has 1 aliphatic heterocycles. The van der Waals surface area contributed by atoms with Gasteiger partial charge >= 0.3 is 0 Å². The number of nitrogens with zero attached hydrogens (tertiary/aromatic N) is 3. The summed E-state index contributed by atoms with van der Waals surface area (Å²) in [6, 6.07) is 18.3. The second-order valence-corrected chi connectivity index (χ2v) is 6.54. The molecule has 1 aliphatic rings. The molecule has 2 heterocycles. The van der Waals surface area contributed by atoms with Gasteiger partial charge in [0.15, 0.2) is 0 Å². The Morgan fingerprint density at radius 3 is 2.76 bits per heavy atom. The number of para-hydroxylation sites is 1. The van der Waals surface area contributed by atoms with Crippen LogP contribution in [0.3, 0.4) is 0 Å². The summed E-state index contributed by atoms with van der Waals surface area (Å²) in [5.41, 5.74) is 3.76. The smallest absolute Gasteiger partial charge is 0.224 e. The molecule has 1 aromatic heterocycles. The second kappa shape index (κ2) is 7.11. The van der Waals surface area contributed by atoms with Gasteiger partial charge in [0.2, 0.25) is 5.95 Å². The Hall–Kier alpha value is -2.59. The summed E-state index contributed by atoms with van der Waals surface area (Å²) in [5, 5.41) is 4.03. The quantitative estimate of drug-likeness (QED) is 0.732. The molecule has 0 radical (unpaired) electrons. The molecule has 1 N–H and O–H groups in total. The van der Waals surface area contributed by atoms with E-state index >= 15 is 0 Å². The third-order valence-electron chi connectivity index (χ3n) is 4.39. The Morgan fingerprint density at radius 1 is 1.04 bits per heavy atom. The van der Waals surface area contributed by atoms with Crippen LogP contribution in [0.15, 0.2) is 60.8 Å². The van der Waals surface area contributed by atoms with Crippen LogP contribution >= 0.6 is 11.6 Å². The van der Waals surface area contributed by atoms with Crippen molar-refractivity contribution in [3.63, 3.8) is 0 Å². The average molecular weight is 351 g/mol. The number of hydrogen-bond acceptors (Lipinski definition) is 4. The summed E-state index contributed by atoms with van der Waals surface area (Å²) in [7, 11) is 0. The molecule has 4 rings (SSSR count). The summed E-state index contributed by atoms with van der Waals surface area (Å²) in [6.45, 7) is 1.64.